The second-order valence-corrected chi connectivity index (χ2v) is 0.0833. The van der Waals surface area contributed by atoms with E-state index in [1.165, 1.54) is 0 Å². The number of rotatable bonds is 0. The van der Waals surface area contributed by atoms with Crippen LogP contribution in [0, 0.1) is 37.7 Å². The van der Waals surface area contributed by atoms with E-state index in [2.05, 4.69) is 0 Å². The molecule has 0 aliphatic rings. The van der Waals surface area contributed by atoms with Crippen molar-refractivity contribution in [2.24, 2.45) is 0 Å². The number of carbonyl (C=O) groups excluding carboxylic acids is 2. The summed E-state index contributed by atoms with van der Waals surface area (Å²) < 4.78 is 0. The van der Waals surface area contributed by atoms with Crippen molar-refractivity contribution in [1.29, 1.82) is 0 Å². The molecule has 0 aromatic rings. The van der Waals surface area contributed by atoms with Crippen LogP contribution < -0.4 is 0 Å². The van der Waals surface area contributed by atoms with E-state index in [1.54, 1.807) is 0 Å². The van der Waals surface area contributed by atoms with Gasteiger partial charge in [0, 0.05) is 37.7 Å². The van der Waals surface area contributed by atoms with Crippen LogP contribution in [0.5, 0.6) is 0 Å². The molecule has 0 atom stereocenters. The van der Waals surface area contributed by atoms with E-state index < -0.39 is 0 Å². The molecule has 4 heavy (non-hydrogen) atoms. The Morgan fingerprint density at radius 1 is 1.25 bits per heavy atom. The van der Waals surface area contributed by atoms with Crippen LogP contribution in [0.1, 0.15) is 0 Å². The fourth-order valence-corrected chi connectivity index (χ4v) is 0. The number of hydrogen-bond donors (Lipinski definition) is 0. The average Bonchev–Trinajstić information content (AvgIpc) is 0.918. The third kappa shape index (κ3) is 17.3. The minimum Gasteiger partial charge on any atom is -0.186 e. The molecule has 3 heteroatoms. The largest absolute Gasteiger partial charge is 0.373 e. The van der Waals surface area contributed by atoms with Gasteiger partial charge in [-0.3, -0.25) is 0 Å². The first-order valence-corrected chi connectivity index (χ1v) is 0.408. The summed E-state index contributed by atoms with van der Waals surface area (Å²) in [6, 6.07) is 0. The Kier molecular flexibility index (Phi) is 20.8. The molecule has 0 aromatic heterocycles. The first kappa shape index (κ1) is 8.82. The topological polar surface area (TPSA) is 34.1 Å². The van der Waals surface area contributed by atoms with Crippen LogP contribution in [-0.2, 0) is 9.59 Å². The molecule has 0 rings (SSSR count). The standard InChI is InChI=1S/CO2.Ar/c2-1-3;. The normalized spacial score (nSPS) is 2.00. The summed E-state index contributed by atoms with van der Waals surface area (Å²) in [6.07, 6.45) is 0.250. The van der Waals surface area contributed by atoms with Crippen LogP contribution in [0.4, 0.5) is 0 Å². The summed E-state index contributed by atoms with van der Waals surface area (Å²) in [6.45, 7) is 0. The van der Waals surface area contributed by atoms with Crippen molar-refractivity contribution in [2.75, 3.05) is 0 Å². The molecule has 0 saturated carbocycles. The molecule has 0 aliphatic carbocycles. The molecule has 0 fully saturated rings. The Labute approximate surface area is 53.2 Å². The minimum atomic E-state index is 0. The zero-order chi connectivity index (χ0) is 2.71. The second kappa shape index (κ2) is 9.43. The van der Waals surface area contributed by atoms with Crippen LogP contribution in [0.15, 0.2) is 0 Å². The smallest absolute Gasteiger partial charge is 0.186 e. The quantitative estimate of drug-likeness (QED) is 0.393. The summed E-state index contributed by atoms with van der Waals surface area (Å²) in [5.41, 5.74) is 0. The molecule has 0 saturated heterocycles. The van der Waals surface area contributed by atoms with Crippen LogP contribution in [0.3, 0.4) is 0 Å². The first-order valence-electron chi connectivity index (χ1n) is 0.408. The summed E-state index contributed by atoms with van der Waals surface area (Å²) in [7, 11) is 0. The summed E-state index contributed by atoms with van der Waals surface area (Å²) in [5.74, 6) is 0. The maximum atomic E-state index is 8.12. The average molecular weight is 84.0 g/mol. The Bertz CT molecular complexity index is 27.0. The minimum absolute atomic E-state index is 0. The maximum absolute atomic E-state index is 8.12. The third-order valence-corrected chi connectivity index (χ3v) is 0. The SMILES string of the molecule is O=C=O.[Ar]. The Hall–Kier alpha value is 0.640. The van der Waals surface area contributed by atoms with E-state index in [4.69, 9.17) is 9.59 Å². The molecule has 0 bridgehead atoms. The summed E-state index contributed by atoms with van der Waals surface area (Å²) >= 11 is 0. The molecule has 0 radical (unpaired) electrons. The van der Waals surface area contributed by atoms with Crippen LogP contribution in [-0.4, -0.2) is 6.15 Å². The summed E-state index contributed by atoms with van der Waals surface area (Å²) in [5, 5.41) is 0. The number of hydrogen-bond acceptors (Lipinski definition) is 2. The van der Waals surface area contributed by atoms with Crippen molar-refractivity contribution >= 4 is 6.15 Å². The molecule has 0 spiro atoms. The van der Waals surface area contributed by atoms with Gasteiger partial charge in [0.2, 0.25) is 0 Å². The molecule has 24 valence electrons. The van der Waals surface area contributed by atoms with Crippen molar-refractivity contribution < 1.29 is 47.3 Å². The van der Waals surface area contributed by atoms with Crippen molar-refractivity contribution in [3.05, 3.63) is 0 Å². The monoisotopic (exact) mass is 84.0 g/mol. The van der Waals surface area contributed by atoms with Gasteiger partial charge in [-0.2, -0.15) is 9.59 Å². The maximum Gasteiger partial charge on any atom is 0.373 e. The molecule has 0 amide bonds. The van der Waals surface area contributed by atoms with Gasteiger partial charge in [-0.15, -0.1) is 0 Å². The predicted molar refractivity (Wildman–Crippen MR) is 5.01 cm³/mol. The molecule has 0 N–H and O–H groups in total. The van der Waals surface area contributed by atoms with Crippen LogP contribution >= 0.6 is 0 Å². The van der Waals surface area contributed by atoms with E-state index in [-0.39, 0.29) is 43.9 Å². The van der Waals surface area contributed by atoms with Crippen molar-refractivity contribution in [1.82, 2.24) is 0 Å². The van der Waals surface area contributed by atoms with Crippen molar-refractivity contribution in [2.45, 2.75) is 0 Å². The molecule has 0 aliphatic heterocycles. The van der Waals surface area contributed by atoms with Gasteiger partial charge in [-0.05, 0) is 0 Å². The van der Waals surface area contributed by atoms with Crippen LogP contribution in [0.25, 0.3) is 0 Å². The molecule has 0 aromatic carbocycles. The van der Waals surface area contributed by atoms with Gasteiger partial charge in [-0.25, -0.2) is 0 Å². The Morgan fingerprint density at radius 2 is 1.25 bits per heavy atom. The van der Waals surface area contributed by atoms with Gasteiger partial charge >= 0.3 is 6.15 Å². The second-order valence-electron chi connectivity index (χ2n) is 0.0833. The van der Waals surface area contributed by atoms with E-state index in [0.29, 0.717) is 0 Å². The molecule has 0 heterocycles. The van der Waals surface area contributed by atoms with Gasteiger partial charge in [0.15, 0.2) is 0 Å². The molecular formula is CArO2. The molecule has 0 unspecified atom stereocenters. The molecule has 2 nitrogen and oxygen atoms in total. The van der Waals surface area contributed by atoms with E-state index >= 15 is 0 Å². The molecular weight excluding hydrogens is 84.0 g/mol. The van der Waals surface area contributed by atoms with Gasteiger partial charge in [0.05, 0.1) is 0 Å². The van der Waals surface area contributed by atoms with Gasteiger partial charge in [0.25, 0.3) is 0 Å². The van der Waals surface area contributed by atoms with E-state index in [1.807, 2.05) is 0 Å². The predicted octanol–water partition coefficient (Wildman–Crippen LogP) is -0.584. The zero-order valence-electron chi connectivity index (χ0n) is 1.67. The van der Waals surface area contributed by atoms with Crippen LogP contribution in [0.2, 0.25) is 0 Å². The van der Waals surface area contributed by atoms with Gasteiger partial charge < -0.3 is 0 Å². The fraction of sp³-hybridized carbons (Fsp3) is 0. The third-order valence-electron chi connectivity index (χ3n) is 0. The zero-order valence-corrected chi connectivity index (χ0v) is 2.38. The first-order chi connectivity index (χ1) is 1.41. The fourth-order valence-electron chi connectivity index (χ4n) is 0. The van der Waals surface area contributed by atoms with Crippen molar-refractivity contribution in [3.8, 4) is 0 Å². The van der Waals surface area contributed by atoms with E-state index in [9.17, 15) is 0 Å². The van der Waals surface area contributed by atoms with Gasteiger partial charge in [0.1, 0.15) is 0 Å². The Balaban J connectivity index is 0. The van der Waals surface area contributed by atoms with Gasteiger partial charge in [-0.1, -0.05) is 0 Å². The summed E-state index contributed by atoms with van der Waals surface area (Å²) in [4.78, 5) is 16.2. The van der Waals surface area contributed by atoms with Crippen molar-refractivity contribution in [3.63, 3.8) is 0 Å². The van der Waals surface area contributed by atoms with E-state index in [0.717, 1.165) is 0 Å². The Morgan fingerprint density at radius 3 is 1.25 bits per heavy atom.